The smallest absolute Gasteiger partial charge is 0.295 e. The summed E-state index contributed by atoms with van der Waals surface area (Å²) in [7, 11) is 0. The Morgan fingerprint density at radius 1 is 1.55 bits per heavy atom. The molecule has 110 valence electrons. The number of benzene rings is 1. The van der Waals surface area contributed by atoms with Crippen LogP contribution in [0.4, 0.5) is 15.8 Å². The zero-order chi connectivity index (χ0) is 14.7. The molecule has 6 heteroatoms. The lowest BCUT2D eigenvalue weighted by Crippen LogP contribution is -2.34. The SMILES string of the molecule is CCN1CCCC1CNc1cc(C)c(F)cc1[N+](=O)[O-]. The van der Waals surface area contributed by atoms with Crippen molar-refractivity contribution in [3.8, 4) is 0 Å². The molecule has 1 saturated heterocycles. The highest BCUT2D eigenvalue weighted by Gasteiger charge is 2.24. The van der Waals surface area contributed by atoms with Crippen molar-refractivity contribution in [2.45, 2.75) is 32.7 Å². The number of nitrogens with one attached hydrogen (secondary N) is 1. The minimum absolute atomic E-state index is 0.200. The van der Waals surface area contributed by atoms with Gasteiger partial charge in [-0.1, -0.05) is 6.92 Å². The summed E-state index contributed by atoms with van der Waals surface area (Å²) >= 11 is 0. The number of aryl methyl sites for hydroxylation is 1. The molecule has 1 unspecified atom stereocenters. The Bertz CT molecular complexity index is 507. The minimum atomic E-state index is -0.545. The zero-order valence-corrected chi connectivity index (χ0v) is 11.9. The van der Waals surface area contributed by atoms with E-state index >= 15 is 0 Å². The van der Waals surface area contributed by atoms with Crippen LogP contribution in [0.15, 0.2) is 12.1 Å². The van der Waals surface area contributed by atoms with Crippen LogP contribution in [0.3, 0.4) is 0 Å². The van der Waals surface area contributed by atoms with Crippen LogP contribution in [0.2, 0.25) is 0 Å². The van der Waals surface area contributed by atoms with Gasteiger partial charge in [0.05, 0.1) is 11.0 Å². The molecule has 1 atom stereocenters. The van der Waals surface area contributed by atoms with Crippen LogP contribution in [0.5, 0.6) is 0 Å². The summed E-state index contributed by atoms with van der Waals surface area (Å²) < 4.78 is 13.4. The minimum Gasteiger partial charge on any atom is -0.378 e. The molecule has 5 nitrogen and oxygen atoms in total. The highest BCUT2D eigenvalue weighted by atomic mass is 19.1. The van der Waals surface area contributed by atoms with Gasteiger partial charge in [-0.2, -0.15) is 0 Å². The second-order valence-electron chi connectivity index (χ2n) is 5.18. The van der Waals surface area contributed by atoms with Crippen molar-refractivity contribution in [1.29, 1.82) is 0 Å². The number of likely N-dealkylation sites (N-methyl/N-ethyl adjacent to an activating group) is 1. The van der Waals surface area contributed by atoms with Gasteiger partial charge in [-0.3, -0.25) is 15.0 Å². The first-order chi connectivity index (χ1) is 9.52. The second kappa shape index (κ2) is 6.17. The summed E-state index contributed by atoms with van der Waals surface area (Å²) in [6.07, 6.45) is 2.25. The topological polar surface area (TPSA) is 58.4 Å². The molecule has 0 aliphatic carbocycles. The largest absolute Gasteiger partial charge is 0.378 e. The third kappa shape index (κ3) is 3.07. The molecule has 0 amide bonds. The fraction of sp³-hybridized carbons (Fsp3) is 0.571. The molecule has 1 aliphatic heterocycles. The lowest BCUT2D eigenvalue weighted by atomic mass is 10.1. The fourth-order valence-corrected chi connectivity index (χ4v) is 2.73. The summed E-state index contributed by atoms with van der Waals surface area (Å²) in [5, 5.41) is 14.1. The molecule has 0 aromatic heterocycles. The van der Waals surface area contributed by atoms with Crippen molar-refractivity contribution in [3.05, 3.63) is 33.6 Å². The number of hydrogen-bond acceptors (Lipinski definition) is 4. The fourth-order valence-electron chi connectivity index (χ4n) is 2.73. The Hall–Kier alpha value is -1.69. The Balaban J connectivity index is 2.12. The maximum absolute atomic E-state index is 13.4. The normalized spacial score (nSPS) is 19.2. The van der Waals surface area contributed by atoms with Crippen LogP contribution in [-0.2, 0) is 0 Å². The van der Waals surface area contributed by atoms with Gasteiger partial charge in [0.2, 0.25) is 0 Å². The van der Waals surface area contributed by atoms with Gasteiger partial charge >= 0.3 is 0 Å². The second-order valence-corrected chi connectivity index (χ2v) is 5.18. The highest BCUT2D eigenvalue weighted by molar-refractivity contribution is 5.63. The number of hydrogen-bond donors (Lipinski definition) is 1. The van der Waals surface area contributed by atoms with Crippen molar-refractivity contribution in [1.82, 2.24) is 4.90 Å². The van der Waals surface area contributed by atoms with Crippen LogP contribution in [0.25, 0.3) is 0 Å². The Labute approximate surface area is 117 Å². The molecule has 1 N–H and O–H groups in total. The molecule has 1 fully saturated rings. The van der Waals surface area contributed by atoms with Crippen LogP contribution in [0.1, 0.15) is 25.3 Å². The molecule has 1 aromatic rings. The number of likely N-dealkylation sites (tertiary alicyclic amines) is 1. The average Bonchev–Trinajstić information content (AvgIpc) is 2.86. The van der Waals surface area contributed by atoms with E-state index in [4.69, 9.17) is 0 Å². The monoisotopic (exact) mass is 281 g/mol. The number of rotatable bonds is 5. The van der Waals surface area contributed by atoms with Gasteiger partial charge in [-0.15, -0.1) is 0 Å². The molecule has 0 radical (unpaired) electrons. The maximum Gasteiger partial charge on any atom is 0.295 e. The van der Waals surface area contributed by atoms with E-state index in [1.807, 2.05) is 0 Å². The van der Waals surface area contributed by atoms with Crippen molar-refractivity contribution in [3.63, 3.8) is 0 Å². The maximum atomic E-state index is 13.4. The number of nitro benzene ring substituents is 1. The third-order valence-corrected chi connectivity index (χ3v) is 3.91. The summed E-state index contributed by atoms with van der Waals surface area (Å²) in [6.45, 7) is 6.44. The van der Waals surface area contributed by atoms with Crippen LogP contribution >= 0.6 is 0 Å². The first kappa shape index (κ1) is 14.7. The Kier molecular flexibility index (Phi) is 4.54. The zero-order valence-electron chi connectivity index (χ0n) is 11.9. The van der Waals surface area contributed by atoms with Gasteiger partial charge in [0.1, 0.15) is 11.5 Å². The summed E-state index contributed by atoms with van der Waals surface area (Å²) in [6, 6.07) is 2.90. The number of halogens is 1. The molecule has 0 spiro atoms. The quantitative estimate of drug-likeness (QED) is 0.666. The van der Waals surface area contributed by atoms with E-state index in [0.29, 0.717) is 23.8 Å². The van der Waals surface area contributed by atoms with Crippen molar-refractivity contribution < 1.29 is 9.31 Å². The Morgan fingerprint density at radius 3 is 2.95 bits per heavy atom. The van der Waals surface area contributed by atoms with E-state index in [-0.39, 0.29) is 5.69 Å². The summed E-state index contributed by atoms with van der Waals surface area (Å²) in [5.74, 6) is -0.543. The average molecular weight is 281 g/mol. The van der Waals surface area contributed by atoms with Crippen molar-refractivity contribution >= 4 is 11.4 Å². The van der Waals surface area contributed by atoms with Crippen LogP contribution in [0, 0.1) is 22.9 Å². The van der Waals surface area contributed by atoms with Crippen LogP contribution in [-0.4, -0.2) is 35.5 Å². The van der Waals surface area contributed by atoms with Gasteiger partial charge in [0.15, 0.2) is 0 Å². The molecular formula is C14H20FN3O2. The predicted molar refractivity (Wildman–Crippen MR) is 76.6 cm³/mol. The van der Waals surface area contributed by atoms with Crippen molar-refractivity contribution in [2.75, 3.05) is 25.0 Å². The van der Waals surface area contributed by atoms with E-state index in [0.717, 1.165) is 32.0 Å². The van der Waals surface area contributed by atoms with Gasteiger partial charge in [0.25, 0.3) is 5.69 Å². The van der Waals surface area contributed by atoms with E-state index in [1.54, 1.807) is 6.92 Å². The number of anilines is 1. The molecule has 2 rings (SSSR count). The summed E-state index contributed by atoms with van der Waals surface area (Å²) in [4.78, 5) is 12.8. The van der Waals surface area contributed by atoms with Gasteiger partial charge in [-0.05, 0) is 44.5 Å². The predicted octanol–water partition coefficient (Wildman–Crippen LogP) is 2.94. The van der Waals surface area contributed by atoms with Gasteiger partial charge < -0.3 is 5.32 Å². The molecule has 1 heterocycles. The van der Waals surface area contributed by atoms with E-state index in [2.05, 4.69) is 17.1 Å². The van der Waals surface area contributed by atoms with Crippen LogP contribution < -0.4 is 5.32 Å². The standard InChI is InChI=1S/C14H20FN3O2/c1-3-17-6-4-5-11(17)9-16-13-7-10(2)12(15)8-14(13)18(19)20/h7-8,11,16H,3-6,9H2,1-2H3. The lowest BCUT2D eigenvalue weighted by Gasteiger charge is -2.23. The number of nitrogens with zero attached hydrogens (tertiary/aromatic N) is 2. The third-order valence-electron chi connectivity index (χ3n) is 3.91. The lowest BCUT2D eigenvalue weighted by molar-refractivity contribution is -0.384. The first-order valence-corrected chi connectivity index (χ1v) is 6.95. The Morgan fingerprint density at radius 2 is 2.30 bits per heavy atom. The summed E-state index contributed by atoms with van der Waals surface area (Å²) in [5.41, 5.74) is 0.614. The highest BCUT2D eigenvalue weighted by Crippen LogP contribution is 2.28. The van der Waals surface area contributed by atoms with Crippen molar-refractivity contribution in [2.24, 2.45) is 0 Å². The van der Waals surface area contributed by atoms with E-state index in [1.165, 1.54) is 6.07 Å². The molecule has 20 heavy (non-hydrogen) atoms. The first-order valence-electron chi connectivity index (χ1n) is 6.95. The number of nitro groups is 1. The molecule has 0 bridgehead atoms. The van der Waals surface area contributed by atoms with Gasteiger partial charge in [-0.25, -0.2) is 4.39 Å². The molecule has 1 aromatic carbocycles. The van der Waals surface area contributed by atoms with Gasteiger partial charge in [0, 0.05) is 12.6 Å². The van der Waals surface area contributed by atoms with E-state index < -0.39 is 10.7 Å². The molecular weight excluding hydrogens is 261 g/mol. The molecule has 1 aliphatic rings. The molecule has 0 saturated carbocycles. The van der Waals surface area contributed by atoms with E-state index in [9.17, 15) is 14.5 Å².